The molecule has 2 aromatic rings. The van der Waals surface area contributed by atoms with Gasteiger partial charge in [-0.3, -0.25) is 4.79 Å². The van der Waals surface area contributed by atoms with Crippen LogP contribution >= 0.6 is 23.1 Å². The Bertz CT molecular complexity index is 812. The van der Waals surface area contributed by atoms with Crippen LogP contribution in [0.3, 0.4) is 0 Å². The summed E-state index contributed by atoms with van der Waals surface area (Å²) in [6.07, 6.45) is 1.00. The first-order valence-corrected chi connectivity index (χ1v) is 10.6. The molecule has 0 aliphatic rings. The quantitative estimate of drug-likeness (QED) is 0.636. The first-order valence-electron chi connectivity index (χ1n) is 8.86. The molecule has 2 atom stereocenters. The van der Waals surface area contributed by atoms with Crippen molar-refractivity contribution in [1.29, 1.82) is 5.26 Å². The number of aromatic nitrogens is 2. The zero-order chi connectivity index (χ0) is 20.0. The number of hydrogen-bond acceptors (Lipinski definition) is 7. The minimum absolute atomic E-state index is 0.0140. The molecule has 1 amide bonds. The number of aryl methyl sites for hydroxylation is 1. The second-order valence-corrected chi connectivity index (χ2v) is 9.33. The molecular formula is C19H25N5OS2. The van der Waals surface area contributed by atoms with Gasteiger partial charge in [-0.05, 0) is 43.9 Å². The summed E-state index contributed by atoms with van der Waals surface area (Å²) < 4.78 is 0.702. The number of nitrogens with zero attached hydrogens (tertiary/aromatic N) is 3. The Morgan fingerprint density at radius 2 is 1.96 bits per heavy atom. The summed E-state index contributed by atoms with van der Waals surface area (Å²) >= 11 is 2.73. The Hall–Kier alpha value is -2.11. The van der Waals surface area contributed by atoms with Crippen molar-refractivity contribution >= 4 is 39.8 Å². The van der Waals surface area contributed by atoms with Gasteiger partial charge in [0.05, 0.1) is 11.3 Å². The average Bonchev–Trinajstić information content (AvgIpc) is 3.08. The van der Waals surface area contributed by atoms with E-state index in [1.165, 1.54) is 28.7 Å². The maximum Gasteiger partial charge on any atom is 0.234 e. The fourth-order valence-corrected chi connectivity index (χ4v) is 4.04. The zero-order valence-corrected chi connectivity index (χ0v) is 17.9. The first kappa shape index (κ1) is 21.2. The fourth-order valence-electron chi connectivity index (χ4n) is 2.12. The van der Waals surface area contributed by atoms with Gasteiger partial charge >= 0.3 is 0 Å². The summed E-state index contributed by atoms with van der Waals surface area (Å²) in [6.45, 7) is 9.49. The van der Waals surface area contributed by atoms with Crippen molar-refractivity contribution in [1.82, 2.24) is 15.5 Å². The van der Waals surface area contributed by atoms with E-state index >= 15 is 0 Å². The number of carbonyl (C=O) groups is 1. The van der Waals surface area contributed by atoms with Crippen LogP contribution in [0.4, 0.5) is 10.8 Å². The summed E-state index contributed by atoms with van der Waals surface area (Å²) in [4.78, 5) is 12.4. The normalized spacial score (nSPS) is 14.3. The lowest BCUT2D eigenvalue weighted by atomic mass is 9.90. The summed E-state index contributed by atoms with van der Waals surface area (Å²) in [5, 5.41) is 24.0. The Kier molecular flexibility index (Phi) is 7.22. The molecule has 2 rings (SSSR count). The molecule has 0 fully saturated rings. The SMILES string of the molecule is CCc1ccc(Nc2nnc(S[C@H](C)C(=O)N[C@@](C)(C#N)C(C)C)s2)cc1. The van der Waals surface area contributed by atoms with Crippen molar-refractivity contribution in [2.24, 2.45) is 5.92 Å². The van der Waals surface area contributed by atoms with Crippen LogP contribution in [-0.4, -0.2) is 26.9 Å². The molecule has 1 aromatic heterocycles. The van der Waals surface area contributed by atoms with Gasteiger partial charge in [0.15, 0.2) is 4.34 Å². The van der Waals surface area contributed by atoms with E-state index in [1.54, 1.807) is 13.8 Å². The summed E-state index contributed by atoms with van der Waals surface area (Å²) in [6, 6.07) is 10.4. The van der Waals surface area contributed by atoms with E-state index in [1.807, 2.05) is 26.0 Å². The highest BCUT2D eigenvalue weighted by atomic mass is 32.2. The molecule has 6 nitrogen and oxygen atoms in total. The van der Waals surface area contributed by atoms with Crippen molar-refractivity contribution in [3.8, 4) is 6.07 Å². The van der Waals surface area contributed by atoms with Crippen molar-refractivity contribution in [2.75, 3.05) is 5.32 Å². The second-order valence-electron chi connectivity index (χ2n) is 6.77. The Morgan fingerprint density at radius 3 is 2.52 bits per heavy atom. The standard InChI is InChI=1S/C19H25N5OS2/c1-6-14-7-9-15(10-8-14)21-17-23-24-18(27-17)26-13(4)16(25)22-19(5,11-20)12(2)3/h7-10,12-13H,6H2,1-5H3,(H,21,23)(H,22,25)/t13-,19+/m1/s1. The molecule has 0 bridgehead atoms. The minimum Gasteiger partial charge on any atom is -0.337 e. The number of benzene rings is 1. The monoisotopic (exact) mass is 403 g/mol. The number of nitrogens with one attached hydrogen (secondary N) is 2. The van der Waals surface area contributed by atoms with E-state index in [2.05, 4.69) is 46.0 Å². The molecule has 0 saturated heterocycles. The third-order valence-corrected chi connectivity index (χ3v) is 6.46. The second kappa shape index (κ2) is 9.20. The molecule has 0 aliphatic carbocycles. The third-order valence-electron chi connectivity index (χ3n) is 4.44. The molecule has 1 heterocycles. The van der Waals surface area contributed by atoms with Gasteiger partial charge in [-0.2, -0.15) is 5.26 Å². The van der Waals surface area contributed by atoms with Crippen LogP contribution in [0.25, 0.3) is 0 Å². The maximum atomic E-state index is 12.4. The lowest BCUT2D eigenvalue weighted by molar-refractivity contribution is -0.121. The Balaban J connectivity index is 1.96. The number of hydrogen-bond donors (Lipinski definition) is 2. The number of rotatable bonds is 8. The number of thioether (sulfide) groups is 1. The molecule has 8 heteroatoms. The van der Waals surface area contributed by atoms with E-state index in [0.717, 1.165) is 12.1 Å². The highest BCUT2D eigenvalue weighted by molar-refractivity contribution is 8.02. The summed E-state index contributed by atoms with van der Waals surface area (Å²) in [7, 11) is 0. The zero-order valence-electron chi connectivity index (χ0n) is 16.2. The molecular weight excluding hydrogens is 378 g/mol. The van der Waals surface area contributed by atoms with Crippen LogP contribution in [0, 0.1) is 17.2 Å². The molecule has 144 valence electrons. The van der Waals surface area contributed by atoms with E-state index < -0.39 is 5.54 Å². The predicted octanol–water partition coefficient (Wildman–Crippen LogP) is 4.38. The average molecular weight is 404 g/mol. The van der Waals surface area contributed by atoms with Crippen molar-refractivity contribution < 1.29 is 4.79 Å². The number of amides is 1. The van der Waals surface area contributed by atoms with Crippen LogP contribution in [0.2, 0.25) is 0 Å². The molecule has 0 unspecified atom stereocenters. The van der Waals surface area contributed by atoms with Crippen molar-refractivity contribution in [3.63, 3.8) is 0 Å². The lowest BCUT2D eigenvalue weighted by Crippen LogP contribution is -2.51. The van der Waals surface area contributed by atoms with Crippen LogP contribution in [0.1, 0.15) is 40.2 Å². The molecule has 0 spiro atoms. The van der Waals surface area contributed by atoms with Crippen LogP contribution < -0.4 is 10.6 Å². The molecule has 0 saturated carbocycles. The largest absolute Gasteiger partial charge is 0.337 e. The van der Waals surface area contributed by atoms with Crippen LogP contribution in [0.15, 0.2) is 28.6 Å². The van der Waals surface area contributed by atoms with Gasteiger partial charge in [-0.1, -0.05) is 56.0 Å². The van der Waals surface area contributed by atoms with Gasteiger partial charge in [0.25, 0.3) is 0 Å². The van der Waals surface area contributed by atoms with Crippen molar-refractivity contribution in [3.05, 3.63) is 29.8 Å². The highest BCUT2D eigenvalue weighted by Crippen LogP contribution is 2.31. The van der Waals surface area contributed by atoms with Crippen LogP contribution in [-0.2, 0) is 11.2 Å². The van der Waals surface area contributed by atoms with E-state index in [-0.39, 0.29) is 17.1 Å². The smallest absolute Gasteiger partial charge is 0.234 e. The fraction of sp³-hybridized carbons (Fsp3) is 0.474. The van der Waals surface area contributed by atoms with Crippen molar-refractivity contribution in [2.45, 2.75) is 56.2 Å². The lowest BCUT2D eigenvalue weighted by Gasteiger charge is -2.28. The van der Waals surface area contributed by atoms with Gasteiger partial charge < -0.3 is 10.6 Å². The maximum absolute atomic E-state index is 12.4. The topological polar surface area (TPSA) is 90.7 Å². The number of anilines is 2. The number of carbonyl (C=O) groups excluding carboxylic acids is 1. The molecule has 0 aliphatic heterocycles. The van der Waals surface area contributed by atoms with E-state index in [9.17, 15) is 10.1 Å². The first-order chi connectivity index (χ1) is 12.8. The minimum atomic E-state index is -0.885. The van der Waals surface area contributed by atoms with Gasteiger partial charge in [0.2, 0.25) is 11.0 Å². The summed E-state index contributed by atoms with van der Waals surface area (Å²) in [5.74, 6) is -0.169. The Labute approximate surface area is 168 Å². The van der Waals surface area contributed by atoms with Gasteiger partial charge in [0.1, 0.15) is 5.54 Å². The van der Waals surface area contributed by atoms with E-state index in [4.69, 9.17) is 0 Å². The van der Waals surface area contributed by atoms with Gasteiger partial charge in [-0.25, -0.2) is 0 Å². The predicted molar refractivity (Wildman–Crippen MR) is 111 cm³/mol. The molecule has 0 radical (unpaired) electrons. The molecule has 1 aromatic carbocycles. The Morgan fingerprint density at radius 1 is 1.30 bits per heavy atom. The van der Waals surface area contributed by atoms with E-state index in [0.29, 0.717) is 9.47 Å². The number of nitriles is 1. The summed E-state index contributed by atoms with van der Waals surface area (Å²) in [5.41, 5.74) is 1.34. The third kappa shape index (κ3) is 5.68. The highest BCUT2D eigenvalue weighted by Gasteiger charge is 2.32. The molecule has 27 heavy (non-hydrogen) atoms. The molecule has 2 N–H and O–H groups in total. The van der Waals surface area contributed by atoms with Gasteiger partial charge in [0, 0.05) is 5.69 Å². The van der Waals surface area contributed by atoms with Crippen LogP contribution in [0.5, 0.6) is 0 Å². The van der Waals surface area contributed by atoms with Gasteiger partial charge in [-0.15, -0.1) is 10.2 Å².